The van der Waals surface area contributed by atoms with Crippen LogP contribution >= 0.6 is 0 Å². The maximum Gasteiger partial charge on any atom is 0.408 e. The molecule has 0 aromatic heterocycles. The number of aliphatic hydroxyl groups excluding tert-OH is 1. The third-order valence-corrected chi connectivity index (χ3v) is 6.45. The molecule has 0 bridgehead atoms. The number of ether oxygens (including phenoxy) is 1. The van der Waals surface area contributed by atoms with Gasteiger partial charge >= 0.3 is 6.09 Å². The summed E-state index contributed by atoms with van der Waals surface area (Å²) in [6, 6.07) is 15.4. The lowest BCUT2D eigenvalue weighted by Gasteiger charge is -2.34. The van der Waals surface area contributed by atoms with Crippen LogP contribution < -0.4 is 10.6 Å². The maximum atomic E-state index is 13.9. The highest BCUT2D eigenvalue weighted by Crippen LogP contribution is 2.37. The fourth-order valence-corrected chi connectivity index (χ4v) is 4.45. The van der Waals surface area contributed by atoms with E-state index < -0.39 is 42.2 Å². The Labute approximate surface area is 227 Å². The van der Waals surface area contributed by atoms with Crippen molar-refractivity contribution in [1.82, 2.24) is 10.2 Å². The molecule has 1 fully saturated rings. The molecule has 1 saturated carbocycles. The Bertz CT molecular complexity index is 1380. The Kier molecular flexibility index (Phi) is 8.11. The van der Waals surface area contributed by atoms with Gasteiger partial charge in [-0.25, -0.2) is 4.79 Å². The number of anilines is 1. The van der Waals surface area contributed by atoms with Gasteiger partial charge in [0.15, 0.2) is 0 Å². The minimum Gasteiger partial charge on any atom is -0.508 e. The Morgan fingerprint density at radius 1 is 1.03 bits per heavy atom. The van der Waals surface area contributed by atoms with Crippen molar-refractivity contribution in [2.75, 3.05) is 11.9 Å². The van der Waals surface area contributed by atoms with Crippen molar-refractivity contribution in [3.05, 3.63) is 71.8 Å². The molecule has 9 heteroatoms. The number of aromatic hydroxyl groups is 1. The number of aryl methyl sites for hydroxylation is 1. The van der Waals surface area contributed by atoms with E-state index in [1.807, 2.05) is 36.4 Å². The van der Waals surface area contributed by atoms with Crippen LogP contribution in [0.4, 0.5) is 10.5 Å². The summed E-state index contributed by atoms with van der Waals surface area (Å²) in [4.78, 5) is 41.6. The summed E-state index contributed by atoms with van der Waals surface area (Å²) in [5.74, 6) is -0.989. The van der Waals surface area contributed by atoms with Crippen molar-refractivity contribution < 1.29 is 29.3 Å². The molecule has 2 atom stereocenters. The van der Waals surface area contributed by atoms with E-state index in [0.29, 0.717) is 29.7 Å². The van der Waals surface area contributed by atoms with Gasteiger partial charge in [-0.3, -0.25) is 9.59 Å². The van der Waals surface area contributed by atoms with Crippen molar-refractivity contribution >= 4 is 34.4 Å². The Morgan fingerprint density at radius 2 is 1.72 bits per heavy atom. The lowest BCUT2D eigenvalue weighted by molar-refractivity contribution is -0.142. The highest BCUT2D eigenvalue weighted by molar-refractivity contribution is 6.00. The summed E-state index contributed by atoms with van der Waals surface area (Å²) < 4.78 is 5.27. The molecule has 3 aromatic rings. The molecule has 1 aliphatic carbocycles. The SMILES string of the molecule is Cc1cc(C(C(=O)Nc2ccc3ccccc3c2)N(C(=O)C(CO)NC(=O)OC(C)(C)C)C2CC2)ccc1O. The van der Waals surface area contributed by atoms with Gasteiger partial charge in [0.2, 0.25) is 5.91 Å². The maximum absolute atomic E-state index is 13.9. The number of carbonyl (C=O) groups is 3. The molecule has 9 nitrogen and oxygen atoms in total. The van der Waals surface area contributed by atoms with Crippen LogP contribution in [0.3, 0.4) is 0 Å². The lowest BCUT2D eigenvalue weighted by Crippen LogP contribution is -2.54. The molecule has 3 aromatic carbocycles. The molecule has 206 valence electrons. The van der Waals surface area contributed by atoms with Gasteiger partial charge in [-0.15, -0.1) is 0 Å². The Morgan fingerprint density at radius 3 is 2.33 bits per heavy atom. The number of benzene rings is 3. The van der Waals surface area contributed by atoms with Gasteiger partial charge in [0.1, 0.15) is 23.4 Å². The van der Waals surface area contributed by atoms with E-state index in [2.05, 4.69) is 10.6 Å². The lowest BCUT2D eigenvalue weighted by atomic mass is 10.00. The van der Waals surface area contributed by atoms with Crippen LogP contribution in [0.1, 0.15) is 50.8 Å². The third kappa shape index (κ3) is 6.86. The summed E-state index contributed by atoms with van der Waals surface area (Å²) in [6.45, 7) is 6.12. The molecular weight excluding hydrogens is 498 g/mol. The largest absolute Gasteiger partial charge is 0.508 e. The van der Waals surface area contributed by atoms with Gasteiger partial charge in [-0.05, 0) is 86.7 Å². The number of hydrogen-bond acceptors (Lipinski definition) is 6. The van der Waals surface area contributed by atoms with E-state index in [-0.39, 0.29) is 11.8 Å². The second kappa shape index (κ2) is 11.3. The highest BCUT2D eigenvalue weighted by Gasteiger charge is 2.44. The molecule has 2 unspecified atom stereocenters. The van der Waals surface area contributed by atoms with Crippen LogP contribution in [0, 0.1) is 6.92 Å². The molecule has 4 rings (SSSR count). The number of carbonyl (C=O) groups excluding carboxylic acids is 3. The Balaban J connectivity index is 1.68. The molecule has 0 heterocycles. The highest BCUT2D eigenvalue weighted by atomic mass is 16.6. The topological polar surface area (TPSA) is 128 Å². The first-order valence-electron chi connectivity index (χ1n) is 13.0. The van der Waals surface area contributed by atoms with Crippen molar-refractivity contribution in [1.29, 1.82) is 0 Å². The van der Waals surface area contributed by atoms with Crippen molar-refractivity contribution in [2.24, 2.45) is 0 Å². The average Bonchev–Trinajstić information content (AvgIpc) is 3.71. The Hall–Kier alpha value is -4.11. The zero-order valence-corrected chi connectivity index (χ0v) is 22.6. The molecule has 0 spiro atoms. The first-order chi connectivity index (χ1) is 18.5. The summed E-state index contributed by atoms with van der Waals surface area (Å²) in [5.41, 5.74) is 0.811. The van der Waals surface area contributed by atoms with E-state index in [9.17, 15) is 24.6 Å². The fourth-order valence-electron chi connectivity index (χ4n) is 4.45. The van der Waals surface area contributed by atoms with E-state index in [4.69, 9.17) is 4.74 Å². The zero-order chi connectivity index (χ0) is 28.3. The monoisotopic (exact) mass is 533 g/mol. The number of nitrogens with zero attached hydrogens (tertiary/aromatic N) is 1. The van der Waals surface area contributed by atoms with Crippen molar-refractivity contribution in [2.45, 2.75) is 64.3 Å². The third-order valence-electron chi connectivity index (χ3n) is 6.45. The van der Waals surface area contributed by atoms with Gasteiger partial charge in [0, 0.05) is 11.7 Å². The molecule has 1 aliphatic rings. The standard InChI is InChI=1S/C30H35N3O6/c1-18-15-21(10-14-25(18)35)26(27(36)31-22-11-9-19-7-5-6-8-20(19)16-22)33(23-12-13-23)28(37)24(17-34)32-29(38)39-30(2,3)4/h5-11,14-16,23-24,26,34-35H,12-13,17H2,1-4H3,(H,31,36)(H,32,38). The number of alkyl carbamates (subject to hydrolysis) is 1. The summed E-state index contributed by atoms with van der Waals surface area (Å²) >= 11 is 0. The molecule has 3 amide bonds. The minimum absolute atomic E-state index is 0.0663. The quantitative estimate of drug-likeness (QED) is 0.340. The van der Waals surface area contributed by atoms with E-state index in [1.165, 1.54) is 11.0 Å². The molecule has 39 heavy (non-hydrogen) atoms. The predicted octanol–water partition coefficient (Wildman–Crippen LogP) is 4.41. The fraction of sp³-hybridized carbons (Fsp3) is 0.367. The molecule has 4 N–H and O–H groups in total. The summed E-state index contributed by atoms with van der Waals surface area (Å²) in [6.07, 6.45) is 0.503. The number of aliphatic hydroxyl groups is 1. The summed E-state index contributed by atoms with van der Waals surface area (Å²) in [7, 11) is 0. The van der Waals surface area contributed by atoms with Gasteiger partial charge in [-0.2, -0.15) is 0 Å². The van der Waals surface area contributed by atoms with Crippen LogP contribution in [0.25, 0.3) is 10.8 Å². The number of nitrogens with one attached hydrogen (secondary N) is 2. The number of hydrogen-bond donors (Lipinski definition) is 4. The van der Waals surface area contributed by atoms with E-state index in [0.717, 1.165) is 10.8 Å². The van der Waals surface area contributed by atoms with Gasteiger partial charge < -0.3 is 30.5 Å². The first kappa shape index (κ1) is 27.9. The zero-order valence-electron chi connectivity index (χ0n) is 22.6. The second-order valence-corrected chi connectivity index (χ2v) is 10.9. The first-order valence-corrected chi connectivity index (χ1v) is 13.0. The van der Waals surface area contributed by atoms with Gasteiger partial charge in [0.05, 0.1) is 6.61 Å². The normalized spacial score (nSPS) is 14.8. The molecule has 0 radical (unpaired) electrons. The second-order valence-electron chi connectivity index (χ2n) is 10.9. The average molecular weight is 534 g/mol. The smallest absolute Gasteiger partial charge is 0.408 e. The molecular formula is C30H35N3O6. The number of phenolic OH excluding ortho intramolecular Hbond substituents is 1. The van der Waals surface area contributed by atoms with Gasteiger partial charge in [-0.1, -0.05) is 36.4 Å². The number of amides is 3. The van der Waals surface area contributed by atoms with E-state index in [1.54, 1.807) is 45.9 Å². The van der Waals surface area contributed by atoms with Crippen LogP contribution in [-0.4, -0.2) is 57.3 Å². The molecule has 0 saturated heterocycles. The molecule has 0 aliphatic heterocycles. The van der Waals surface area contributed by atoms with Crippen molar-refractivity contribution in [3.63, 3.8) is 0 Å². The van der Waals surface area contributed by atoms with Crippen LogP contribution in [0.15, 0.2) is 60.7 Å². The minimum atomic E-state index is -1.31. The summed E-state index contributed by atoms with van der Waals surface area (Å²) in [5, 5.41) is 27.5. The number of fused-ring (bicyclic) bond motifs is 1. The van der Waals surface area contributed by atoms with Crippen molar-refractivity contribution in [3.8, 4) is 5.75 Å². The predicted molar refractivity (Wildman–Crippen MR) is 148 cm³/mol. The number of rotatable bonds is 8. The number of phenols is 1. The van der Waals surface area contributed by atoms with Crippen LogP contribution in [0.2, 0.25) is 0 Å². The van der Waals surface area contributed by atoms with Crippen LogP contribution in [-0.2, 0) is 14.3 Å². The van der Waals surface area contributed by atoms with Gasteiger partial charge in [0.25, 0.3) is 5.91 Å². The van der Waals surface area contributed by atoms with Crippen LogP contribution in [0.5, 0.6) is 5.75 Å². The van der Waals surface area contributed by atoms with E-state index >= 15 is 0 Å².